The summed E-state index contributed by atoms with van der Waals surface area (Å²) in [6.45, 7) is 0.114. The summed E-state index contributed by atoms with van der Waals surface area (Å²) in [5, 5.41) is 3.07. The number of nitrogens with one attached hydrogen (secondary N) is 1. The van der Waals surface area contributed by atoms with Gasteiger partial charge < -0.3 is 10.1 Å². The van der Waals surface area contributed by atoms with Gasteiger partial charge in [0.2, 0.25) is 0 Å². The molecule has 0 radical (unpaired) electrons. The van der Waals surface area contributed by atoms with E-state index in [2.05, 4.69) is 17.4 Å². The third kappa shape index (κ3) is 4.59. The molecule has 3 rings (SSSR count). The number of ether oxygens (including phenoxy) is 1. The molecule has 2 aliphatic rings. The lowest BCUT2D eigenvalue weighted by Gasteiger charge is -2.22. The molecule has 1 aliphatic heterocycles. The van der Waals surface area contributed by atoms with Crippen molar-refractivity contribution in [3.8, 4) is 5.75 Å². The van der Waals surface area contributed by atoms with E-state index in [4.69, 9.17) is 4.74 Å². The predicted octanol–water partition coefficient (Wildman–Crippen LogP) is 3.99. The number of rotatable bonds is 5. The Morgan fingerprint density at radius 3 is 2.45 bits per heavy atom. The molecule has 1 aromatic rings. The van der Waals surface area contributed by atoms with E-state index >= 15 is 0 Å². The molecule has 0 aromatic heterocycles. The van der Waals surface area contributed by atoms with E-state index in [9.17, 15) is 4.79 Å². The van der Waals surface area contributed by atoms with Gasteiger partial charge in [0.05, 0.1) is 4.58 Å². The third-order valence-corrected chi connectivity index (χ3v) is 7.22. The zero-order chi connectivity index (χ0) is 15.2. The number of hydrogen-bond donors (Lipinski definition) is 1. The van der Waals surface area contributed by atoms with E-state index in [0.717, 1.165) is 18.6 Å². The minimum atomic E-state index is -0.00196. The van der Waals surface area contributed by atoms with Crippen LogP contribution in [0.25, 0.3) is 0 Å². The second kappa shape index (κ2) is 8.16. The van der Waals surface area contributed by atoms with Crippen LogP contribution in [0.3, 0.4) is 0 Å². The highest BCUT2D eigenvalue weighted by atomic mass is 32.2. The van der Waals surface area contributed by atoms with Crippen LogP contribution in [0, 0.1) is 0 Å². The van der Waals surface area contributed by atoms with Crippen LogP contribution >= 0.6 is 23.5 Å². The number of hydrogen-bond acceptors (Lipinski definition) is 4. The highest BCUT2D eigenvalue weighted by Gasteiger charge is 2.18. The van der Waals surface area contributed by atoms with Gasteiger partial charge in [-0.3, -0.25) is 4.79 Å². The monoisotopic (exact) mass is 337 g/mol. The van der Waals surface area contributed by atoms with Crippen molar-refractivity contribution in [1.29, 1.82) is 0 Å². The normalized spacial score (nSPS) is 20.0. The van der Waals surface area contributed by atoms with Crippen molar-refractivity contribution in [2.45, 2.75) is 42.7 Å². The molecule has 22 heavy (non-hydrogen) atoms. The Bertz CT molecular complexity index is 480. The first kappa shape index (κ1) is 16.1. The maximum absolute atomic E-state index is 11.9. The lowest BCUT2D eigenvalue weighted by atomic mass is 9.95. The number of amides is 1. The highest BCUT2D eigenvalue weighted by Crippen LogP contribution is 2.45. The summed E-state index contributed by atoms with van der Waals surface area (Å²) in [6.07, 6.45) is 5.97. The van der Waals surface area contributed by atoms with Crippen LogP contribution < -0.4 is 10.1 Å². The summed E-state index contributed by atoms with van der Waals surface area (Å²) in [5.41, 5.74) is 1.34. The van der Waals surface area contributed by atoms with Gasteiger partial charge in [-0.1, -0.05) is 31.4 Å². The second-order valence-electron chi connectivity index (χ2n) is 5.83. The average Bonchev–Trinajstić information content (AvgIpc) is 3.09. The molecule has 1 aliphatic carbocycles. The minimum absolute atomic E-state index is 0.00196. The molecule has 1 N–H and O–H groups in total. The molecule has 0 spiro atoms. The van der Waals surface area contributed by atoms with Gasteiger partial charge in [0.25, 0.3) is 5.91 Å². The van der Waals surface area contributed by atoms with Crippen molar-refractivity contribution >= 4 is 29.4 Å². The van der Waals surface area contributed by atoms with Gasteiger partial charge in [-0.25, -0.2) is 0 Å². The van der Waals surface area contributed by atoms with Gasteiger partial charge in [0.1, 0.15) is 5.75 Å². The zero-order valence-corrected chi connectivity index (χ0v) is 14.4. The molecular weight excluding hydrogens is 314 g/mol. The summed E-state index contributed by atoms with van der Waals surface area (Å²) in [5.74, 6) is 3.23. The molecule has 2 fully saturated rings. The van der Waals surface area contributed by atoms with Crippen LogP contribution in [0.2, 0.25) is 0 Å². The van der Waals surface area contributed by atoms with Gasteiger partial charge in [0.15, 0.2) is 6.61 Å². The highest BCUT2D eigenvalue weighted by molar-refractivity contribution is 8.19. The first-order chi connectivity index (χ1) is 10.8. The van der Waals surface area contributed by atoms with Gasteiger partial charge in [-0.2, -0.15) is 0 Å². The average molecular weight is 338 g/mol. The molecule has 1 saturated heterocycles. The van der Waals surface area contributed by atoms with E-state index in [1.54, 1.807) is 0 Å². The molecule has 1 amide bonds. The number of benzene rings is 1. The van der Waals surface area contributed by atoms with E-state index in [1.807, 2.05) is 35.7 Å². The number of carbonyl (C=O) groups is 1. The first-order valence-corrected chi connectivity index (χ1v) is 10.2. The van der Waals surface area contributed by atoms with Crippen LogP contribution in [0.5, 0.6) is 5.75 Å². The van der Waals surface area contributed by atoms with Crippen LogP contribution in [-0.2, 0) is 4.79 Å². The molecule has 0 atom stereocenters. The number of thioether (sulfide) groups is 2. The first-order valence-electron chi connectivity index (χ1n) is 8.06. The van der Waals surface area contributed by atoms with E-state index in [0.29, 0.717) is 10.6 Å². The topological polar surface area (TPSA) is 38.3 Å². The van der Waals surface area contributed by atoms with Crippen molar-refractivity contribution in [2.24, 2.45) is 0 Å². The predicted molar refractivity (Wildman–Crippen MR) is 94.6 cm³/mol. The van der Waals surface area contributed by atoms with Crippen LogP contribution in [0.4, 0.5) is 0 Å². The fourth-order valence-corrected chi connectivity index (χ4v) is 5.80. The SMILES string of the molecule is O=C(COc1ccc(C2SCCS2)cc1)NC1CCCCC1. The lowest BCUT2D eigenvalue weighted by Crippen LogP contribution is -2.38. The van der Waals surface area contributed by atoms with Crippen LogP contribution in [0.15, 0.2) is 24.3 Å². The third-order valence-electron chi connectivity index (χ3n) is 4.11. The van der Waals surface area contributed by atoms with Gasteiger partial charge in [-0.15, -0.1) is 23.5 Å². The Balaban J connectivity index is 1.43. The summed E-state index contributed by atoms with van der Waals surface area (Å²) < 4.78 is 6.16. The van der Waals surface area contributed by atoms with Crippen molar-refractivity contribution in [1.82, 2.24) is 5.32 Å². The van der Waals surface area contributed by atoms with E-state index < -0.39 is 0 Å². The fourth-order valence-electron chi connectivity index (χ4n) is 2.94. The molecule has 1 aromatic carbocycles. The molecule has 1 saturated carbocycles. The van der Waals surface area contributed by atoms with Crippen LogP contribution in [0.1, 0.15) is 42.2 Å². The molecule has 3 nitrogen and oxygen atoms in total. The quantitative estimate of drug-likeness (QED) is 0.881. The number of carbonyl (C=O) groups excluding carboxylic acids is 1. The Labute approximate surface area is 141 Å². The van der Waals surface area contributed by atoms with Crippen molar-refractivity contribution in [3.63, 3.8) is 0 Å². The van der Waals surface area contributed by atoms with Gasteiger partial charge in [-0.05, 0) is 30.5 Å². The Kier molecular flexibility index (Phi) is 5.96. The molecule has 1 heterocycles. The maximum Gasteiger partial charge on any atom is 0.258 e. The minimum Gasteiger partial charge on any atom is -0.484 e. The van der Waals surface area contributed by atoms with Crippen LogP contribution in [-0.4, -0.2) is 30.1 Å². The summed E-state index contributed by atoms with van der Waals surface area (Å²) in [6, 6.07) is 8.53. The van der Waals surface area contributed by atoms with Crippen molar-refractivity contribution < 1.29 is 9.53 Å². The summed E-state index contributed by atoms with van der Waals surface area (Å²) >= 11 is 3.99. The Morgan fingerprint density at radius 1 is 1.09 bits per heavy atom. The largest absolute Gasteiger partial charge is 0.484 e. The van der Waals surface area contributed by atoms with E-state index in [-0.39, 0.29) is 12.5 Å². The van der Waals surface area contributed by atoms with Crippen molar-refractivity contribution in [2.75, 3.05) is 18.1 Å². The van der Waals surface area contributed by atoms with Crippen molar-refractivity contribution in [3.05, 3.63) is 29.8 Å². The fraction of sp³-hybridized carbons (Fsp3) is 0.588. The molecular formula is C17H23NO2S2. The zero-order valence-electron chi connectivity index (χ0n) is 12.8. The van der Waals surface area contributed by atoms with Gasteiger partial charge >= 0.3 is 0 Å². The summed E-state index contributed by atoms with van der Waals surface area (Å²) in [7, 11) is 0. The molecule has 5 heteroatoms. The van der Waals surface area contributed by atoms with Gasteiger partial charge in [0, 0.05) is 17.5 Å². The molecule has 120 valence electrons. The van der Waals surface area contributed by atoms with E-state index in [1.165, 1.54) is 36.3 Å². The molecule has 0 bridgehead atoms. The molecule has 0 unspecified atom stereocenters. The maximum atomic E-state index is 11.9. The summed E-state index contributed by atoms with van der Waals surface area (Å²) in [4.78, 5) is 11.9. The smallest absolute Gasteiger partial charge is 0.258 e. The Morgan fingerprint density at radius 2 is 1.77 bits per heavy atom. The standard InChI is InChI=1S/C17H23NO2S2/c19-16(18-14-4-2-1-3-5-14)12-20-15-8-6-13(7-9-15)17-21-10-11-22-17/h6-9,14,17H,1-5,10-12H2,(H,18,19). The Hall–Kier alpha value is -0.810. The lowest BCUT2D eigenvalue weighted by molar-refractivity contribution is -0.124. The second-order valence-corrected chi connectivity index (χ2v) is 8.56.